The second-order valence-corrected chi connectivity index (χ2v) is 4.98. The first kappa shape index (κ1) is 13.1. The maximum atomic E-state index is 5.71. The number of nitrogens with zero attached hydrogens (tertiary/aromatic N) is 2. The molecule has 18 heavy (non-hydrogen) atoms. The molecule has 2 rings (SSSR count). The van der Waals surface area contributed by atoms with Gasteiger partial charge in [0.25, 0.3) is 0 Å². The minimum absolute atomic E-state index is 0.173. The van der Waals surface area contributed by atoms with Crippen molar-refractivity contribution in [2.75, 3.05) is 0 Å². The molecule has 2 aromatic rings. The Hall–Kier alpha value is -1.39. The van der Waals surface area contributed by atoms with E-state index in [1.807, 2.05) is 29.0 Å². The van der Waals surface area contributed by atoms with Crippen molar-refractivity contribution in [3.63, 3.8) is 0 Å². The number of aromatic nitrogens is 2. The number of nitrogens with two attached hydrogens (primary N) is 1. The largest absolute Gasteiger partial charge is 0.271 e. The fourth-order valence-electron chi connectivity index (χ4n) is 2.52. The molecule has 0 spiro atoms. The molecule has 0 aliphatic heterocycles. The molecule has 0 bridgehead atoms. The predicted molar refractivity (Wildman–Crippen MR) is 73.9 cm³/mol. The van der Waals surface area contributed by atoms with Crippen molar-refractivity contribution >= 4 is 5.52 Å². The van der Waals surface area contributed by atoms with Gasteiger partial charge in [0.1, 0.15) is 0 Å². The highest BCUT2D eigenvalue weighted by Gasteiger charge is 2.17. The average molecular weight is 246 g/mol. The van der Waals surface area contributed by atoms with Crippen LogP contribution in [-0.2, 0) is 0 Å². The molecule has 4 heteroatoms. The summed E-state index contributed by atoms with van der Waals surface area (Å²) >= 11 is 0. The Morgan fingerprint density at radius 2 is 2.28 bits per heavy atom. The second kappa shape index (κ2) is 5.98. The summed E-state index contributed by atoms with van der Waals surface area (Å²) in [6.07, 6.45) is 7.37. The van der Waals surface area contributed by atoms with Crippen LogP contribution < -0.4 is 11.3 Å². The Morgan fingerprint density at radius 3 is 3.00 bits per heavy atom. The van der Waals surface area contributed by atoms with Gasteiger partial charge in [-0.2, -0.15) is 5.10 Å². The molecule has 0 saturated heterocycles. The van der Waals surface area contributed by atoms with Crippen molar-refractivity contribution in [2.24, 2.45) is 11.8 Å². The molecule has 0 aliphatic carbocycles. The standard InChI is InChI=1S/C14H22N4/c1-3-6-11(2)9-13(17-15)12-10-16-18-8-5-4-7-14(12)18/h4-5,7-8,10-11,13,17H,3,6,9,15H2,1-2H3. The minimum atomic E-state index is 0.173. The molecule has 0 radical (unpaired) electrons. The molecule has 4 nitrogen and oxygen atoms in total. The molecule has 98 valence electrons. The monoisotopic (exact) mass is 246 g/mol. The normalized spacial score (nSPS) is 14.8. The Kier molecular flexibility index (Phi) is 4.33. The van der Waals surface area contributed by atoms with Gasteiger partial charge in [0, 0.05) is 17.8 Å². The Morgan fingerprint density at radius 1 is 1.44 bits per heavy atom. The van der Waals surface area contributed by atoms with Gasteiger partial charge in [0.2, 0.25) is 0 Å². The third-order valence-electron chi connectivity index (χ3n) is 3.45. The summed E-state index contributed by atoms with van der Waals surface area (Å²) in [5.74, 6) is 6.37. The van der Waals surface area contributed by atoms with Crippen LogP contribution in [0.4, 0.5) is 0 Å². The van der Waals surface area contributed by atoms with E-state index in [2.05, 4.69) is 30.4 Å². The highest BCUT2D eigenvalue weighted by Crippen LogP contribution is 2.26. The molecular formula is C14H22N4. The number of hydrazine groups is 1. The summed E-state index contributed by atoms with van der Waals surface area (Å²) in [5.41, 5.74) is 5.24. The molecule has 0 aromatic carbocycles. The van der Waals surface area contributed by atoms with E-state index in [1.54, 1.807) is 0 Å². The molecule has 2 unspecified atom stereocenters. The number of fused-ring (bicyclic) bond motifs is 1. The molecule has 0 saturated carbocycles. The smallest absolute Gasteiger partial charge is 0.0709 e. The first-order valence-electron chi connectivity index (χ1n) is 6.64. The van der Waals surface area contributed by atoms with Crippen LogP contribution in [0.1, 0.15) is 44.7 Å². The molecule has 0 fully saturated rings. The van der Waals surface area contributed by atoms with Crippen molar-refractivity contribution < 1.29 is 0 Å². The molecular weight excluding hydrogens is 224 g/mol. The van der Waals surface area contributed by atoms with Crippen molar-refractivity contribution in [3.8, 4) is 0 Å². The summed E-state index contributed by atoms with van der Waals surface area (Å²) in [4.78, 5) is 0. The van der Waals surface area contributed by atoms with E-state index in [4.69, 9.17) is 5.84 Å². The third kappa shape index (κ3) is 2.71. The van der Waals surface area contributed by atoms with Gasteiger partial charge in [0.05, 0.1) is 11.7 Å². The van der Waals surface area contributed by atoms with E-state index in [-0.39, 0.29) is 6.04 Å². The molecule has 2 atom stereocenters. The number of rotatable bonds is 6. The van der Waals surface area contributed by atoms with E-state index >= 15 is 0 Å². The summed E-state index contributed by atoms with van der Waals surface area (Å²) in [6, 6.07) is 6.26. The topological polar surface area (TPSA) is 55.3 Å². The van der Waals surface area contributed by atoms with E-state index in [1.165, 1.54) is 18.4 Å². The lowest BCUT2D eigenvalue weighted by Crippen LogP contribution is -2.29. The van der Waals surface area contributed by atoms with Gasteiger partial charge in [-0.3, -0.25) is 11.3 Å². The van der Waals surface area contributed by atoms with Gasteiger partial charge in [-0.05, 0) is 24.5 Å². The molecule has 2 aromatic heterocycles. The van der Waals surface area contributed by atoms with Crippen LogP contribution in [-0.4, -0.2) is 9.61 Å². The van der Waals surface area contributed by atoms with E-state index < -0.39 is 0 Å². The Bertz CT molecular complexity index is 491. The first-order valence-corrected chi connectivity index (χ1v) is 6.64. The van der Waals surface area contributed by atoms with Gasteiger partial charge in [-0.25, -0.2) is 4.52 Å². The highest BCUT2D eigenvalue weighted by atomic mass is 15.3. The molecule has 3 N–H and O–H groups in total. The van der Waals surface area contributed by atoms with Gasteiger partial charge in [-0.15, -0.1) is 0 Å². The quantitative estimate of drug-likeness (QED) is 0.608. The lowest BCUT2D eigenvalue weighted by atomic mass is 9.94. The second-order valence-electron chi connectivity index (χ2n) is 4.98. The number of nitrogens with one attached hydrogen (secondary N) is 1. The zero-order valence-electron chi connectivity index (χ0n) is 11.1. The predicted octanol–water partition coefficient (Wildman–Crippen LogP) is 2.67. The molecule has 2 heterocycles. The molecule has 0 amide bonds. The summed E-state index contributed by atoms with van der Waals surface area (Å²) in [6.45, 7) is 4.50. The van der Waals surface area contributed by atoms with Crippen molar-refractivity contribution in [3.05, 3.63) is 36.2 Å². The van der Waals surface area contributed by atoms with Crippen LogP contribution >= 0.6 is 0 Å². The average Bonchev–Trinajstić information content (AvgIpc) is 2.80. The fourth-order valence-corrected chi connectivity index (χ4v) is 2.52. The van der Waals surface area contributed by atoms with Crippen molar-refractivity contribution in [2.45, 2.75) is 39.2 Å². The maximum absolute atomic E-state index is 5.71. The van der Waals surface area contributed by atoms with Crippen molar-refractivity contribution in [1.82, 2.24) is 15.0 Å². The first-order chi connectivity index (χ1) is 8.76. The van der Waals surface area contributed by atoms with E-state index in [9.17, 15) is 0 Å². The van der Waals surface area contributed by atoms with Crippen LogP contribution in [0.2, 0.25) is 0 Å². The van der Waals surface area contributed by atoms with Crippen LogP contribution in [0.5, 0.6) is 0 Å². The zero-order valence-corrected chi connectivity index (χ0v) is 11.1. The molecule has 0 aliphatic rings. The van der Waals surface area contributed by atoms with Crippen molar-refractivity contribution in [1.29, 1.82) is 0 Å². The lowest BCUT2D eigenvalue weighted by molar-refractivity contribution is 0.396. The fraction of sp³-hybridized carbons (Fsp3) is 0.500. The van der Waals surface area contributed by atoms with Crippen LogP contribution in [0.25, 0.3) is 5.52 Å². The SMILES string of the molecule is CCCC(C)CC(NN)c1cnn2ccccc12. The minimum Gasteiger partial charge on any atom is -0.271 e. The summed E-state index contributed by atoms with van der Waals surface area (Å²) < 4.78 is 1.89. The van der Waals surface area contributed by atoms with Crippen LogP contribution in [0.15, 0.2) is 30.6 Å². The number of pyridine rings is 1. The number of hydrogen-bond donors (Lipinski definition) is 2. The highest BCUT2D eigenvalue weighted by molar-refractivity contribution is 5.54. The van der Waals surface area contributed by atoms with Gasteiger partial charge in [-0.1, -0.05) is 32.8 Å². The Balaban J connectivity index is 2.21. The summed E-state index contributed by atoms with van der Waals surface area (Å²) in [7, 11) is 0. The lowest BCUT2D eigenvalue weighted by Gasteiger charge is -2.19. The Labute approximate surface area is 108 Å². The van der Waals surface area contributed by atoms with Gasteiger partial charge in [0.15, 0.2) is 0 Å². The van der Waals surface area contributed by atoms with Gasteiger partial charge >= 0.3 is 0 Å². The number of hydrogen-bond acceptors (Lipinski definition) is 3. The van der Waals surface area contributed by atoms with Crippen LogP contribution in [0, 0.1) is 5.92 Å². The zero-order chi connectivity index (χ0) is 13.0. The van der Waals surface area contributed by atoms with Crippen LogP contribution in [0.3, 0.4) is 0 Å². The summed E-state index contributed by atoms with van der Waals surface area (Å²) in [5, 5.41) is 4.36. The van der Waals surface area contributed by atoms with Gasteiger partial charge < -0.3 is 0 Å². The maximum Gasteiger partial charge on any atom is 0.0709 e. The van der Waals surface area contributed by atoms with E-state index in [0.717, 1.165) is 11.9 Å². The third-order valence-corrected chi connectivity index (χ3v) is 3.45. The van der Waals surface area contributed by atoms with E-state index in [0.29, 0.717) is 5.92 Å².